The number of piperidine rings is 1. The molecule has 5 heteroatoms. The maximum absolute atomic E-state index is 13.1. The predicted molar refractivity (Wildman–Crippen MR) is 70.6 cm³/mol. The molecule has 1 fully saturated rings. The quantitative estimate of drug-likeness (QED) is 0.788. The number of anilines is 1. The first-order chi connectivity index (χ1) is 8.74. The Morgan fingerprint density at radius 2 is 2.22 bits per heavy atom. The molecule has 18 heavy (non-hydrogen) atoms. The van der Waals surface area contributed by atoms with E-state index in [0.29, 0.717) is 6.10 Å². The summed E-state index contributed by atoms with van der Waals surface area (Å²) in [7, 11) is 0. The number of rotatable bonds is 4. The summed E-state index contributed by atoms with van der Waals surface area (Å²) in [6, 6.07) is 1.46. The zero-order valence-electron chi connectivity index (χ0n) is 10.5. The average molecular weight is 273 g/mol. The van der Waals surface area contributed by atoms with Crippen LogP contribution in [0.3, 0.4) is 0 Å². The normalized spacial score (nSPS) is 17.2. The monoisotopic (exact) mass is 272 g/mol. The second-order valence-electron chi connectivity index (χ2n) is 4.41. The van der Waals surface area contributed by atoms with Crippen LogP contribution in [0.5, 0.6) is 0 Å². The minimum atomic E-state index is -0.335. The minimum Gasteiger partial charge on any atom is -0.378 e. The van der Waals surface area contributed by atoms with Gasteiger partial charge in [-0.3, -0.25) is 0 Å². The molecule has 0 atom stereocenters. The maximum Gasteiger partial charge on any atom is 0.141 e. The van der Waals surface area contributed by atoms with Gasteiger partial charge < -0.3 is 9.64 Å². The molecule has 2 rings (SSSR count). The molecule has 0 radical (unpaired) electrons. The van der Waals surface area contributed by atoms with Gasteiger partial charge in [-0.1, -0.05) is 0 Å². The molecule has 2 heterocycles. The van der Waals surface area contributed by atoms with E-state index in [-0.39, 0.29) is 11.7 Å². The van der Waals surface area contributed by atoms with Crippen molar-refractivity contribution >= 4 is 17.4 Å². The topological polar surface area (TPSA) is 25.4 Å². The van der Waals surface area contributed by atoms with Crippen molar-refractivity contribution in [3.63, 3.8) is 0 Å². The van der Waals surface area contributed by atoms with Crippen LogP contribution in [0.25, 0.3) is 0 Å². The molecule has 1 saturated heterocycles. The third kappa shape index (κ3) is 3.12. The fraction of sp³-hybridized carbons (Fsp3) is 0.615. The Morgan fingerprint density at radius 3 is 2.83 bits per heavy atom. The van der Waals surface area contributed by atoms with E-state index in [1.54, 1.807) is 0 Å². The van der Waals surface area contributed by atoms with Crippen LogP contribution in [0.2, 0.25) is 0 Å². The maximum atomic E-state index is 13.1. The van der Waals surface area contributed by atoms with Gasteiger partial charge in [0, 0.05) is 25.3 Å². The molecule has 0 saturated carbocycles. The van der Waals surface area contributed by atoms with E-state index in [1.807, 2.05) is 6.92 Å². The lowest BCUT2D eigenvalue weighted by Crippen LogP contribution is -2.38. The van der Waals surface area contributed by atoms with E-state index in [4.69, 9.17) is 16.3 Å². The summed E-state index contributed by atoms with van der Waals surface area (Å²) in [5.74, 6) is 0.755. The smallest absolute Gasteiger partial charge is 0.141 e. The van der Waals surface area contributed by atoms with Crippen molar-refractivity contribution in [2.75, 3.05) is 24.6 Å². The Balaban J connectivity index is 2.05. The summed E-state index contributed by atoms with van der Waals surface area (Å²) in [6.45, 7) is 4.53. The molecule has 1 aliphatic heterocycles. The molecule has 1 aromatic rings. The Hall–Kier alpha value is -0.870. The van der Waals surface area contributed by atoms with Crippen molar-refractivity contribution < 1.29 is 9.13 Å². The molecule has 0 aromatic carbocycles. The second-order valence-corrected chi connectivity index (χ2v) is 4.68. The van der Waals surface area contributed by atoms with Crippen LogP contribution >= 0.6 is 11.6 Å². The highest BCUT2D eigenvalue weighted by atomic mass is 35.5. The second kappa shape index (κ2) is 6.34. The molecule has 100 valence electrons. The van der Waals surface area contributed by atoms with Crippen LogP contribution in [0.4, 0.5) is 10.2 Å². The van der Waals surface area contributed by atoms with E-state index in [0.717, 1.165) is 43.9 Å². The average Bonchev–Trinajstić information content (AvgIpc) is 2.40. The van der Waals surface area contributed by atoms with E-state index < -0.39 is 0 Å². The molecular formula is C13H18ClFN2O. The van der Waals surface area contributed by atoms with Crippen molar-refractivity contribution in [1.82, 2.24) is 4.98 Å². The number of hydrogen-bond acceptors (Lipinski definition) is 3. The number of halogens is 2. The lowest BCUT2D eigenvalue weighted by atomic mass is 10.1. The number of pyridine rings is 1. The summed E-state index contributed by atoms with van der Waals surface area (Å²) < 4.78 is 18.7. The molecule has 0 aliphatic carbocycles. The highest BCUT2D eigenvalue weighted by molar-refractivity contribution is 6.17. The molecular weight excluding hydrogens is 255 g/mol. The van der Waals surface area contributed by atoms with Crippen LogP contribution in [0.1, 0.15) is 25.3 Å². The van der Waals surface area contributed by atoms with Gasteiger partial charge in [-0.05, 0) is 25.8 Å². The van der Waals surface area contributed by atoms with Crippen LogP contribution in [-0.4, -0.2) is 30.8 Å². The minimum absolute atomic E-state index is 0.283. The number of aromatic nitrogens is 1. The number of nitrogens with zero attached hydrogens (tertiary/aromatic N) is 2. The SMILES string of the molecule is CCOC1CCN(c2ncc(F)cc2CCl)CC1. The first kappa shape index (κ1) is 13.6. The molecule has 0 bridgehead atoms. The Morgan fingerprint density at radius 1 is 1.50 bits per heavy atom. The van der Waals surface area contributed by atoms with E-state index in [1.165, 1.54) is 12.3 Å². The summed E-state index contributed by atoms with van der Waals surface area (Å²) >= 11 is 5.84. The predicted octanol–water partition coefficient (Wildman–Crippen LogP) is 2.96. The van der Waals surface area contributed by atoms with Crippen molar-refractivity contribution in [1.29, 1.82) is 0 Å². The summed E-state index contributed by atoms with van der Waals surface area (Å²) in [4.78, 5) is 6.33. The van der Waals surface area contributed by atoms with Gasteiger partial charge in [0.2, 0.25) is 0 Å². The van der Waals surface area contributed by atoms with E-state index >= 15 is 0 Å². The highest BCUT2D eigenvalue weighted by Crippen LogP contribution is 2.24. The van der Waals surface area contributed by atoms with Crippen molar-refractivity contribution in [2.24, 2.45) is 0 Å². The molecule has 0 spiro atoms. The van der Waals surface area contributed by atoms with Crippen LogP contribution in [-0.2, 0) is 10.6 Å². The Kier molecular flexibility index (Phi) is 4.78. The molecule has 0 N–H and O–H groups in total. The zero-order chi connectivity index (χ0) is 13.0. The standard InChI is InChI=1S/C13H18ClFN2O/c1-2-18-12-3-5-17(6-4-12)13-10(8-14)7-11(15)9-16-13/h7,9,12H,2-6,8H2,1H3. The van der Waals surface area contributed by atoms with Gasteiger partial charge in [-0.2, -0.15) is 0 Å². The summed E-state index contributed by atoms with van der Waals surface area (Å²) in [5.41, 5.74) is 0.756. The van der Waals surface area contributed by atoms with Crippen molar-refractivity contribution in [2.45, 2.75) is 31.7 Å². The van der Waals surface area contributed by atoms with Gasteiger partial charge in [-0.15, -0.1) is 11.6 Å². The van der Waals surface area contributed by atoms with Crippen molar-refractivity contribution in [3.05, 3.63) is 23.6 Å². The van der Waals surface area contributed by atoms with Gasteiger partial charge in [0.15, 0.2) is 0 Å². The number of alkyl halides is 1. The van der Waals surface area contributed by atoms with Gasteiger partial charge in [-0.25, -0.2) is 9.37 Å². The van der Waals surface area contributed by atoms with Crippen molar-refractivity contribution in [3.8, 4) is 0 Å². The summed E-state index contributed by atoms with van der Waals surface area (Å²) in [6.07, 6.45) is 3.55. The van der Waals surface area contributed by atoms with Crippen LogP contribution < -0.4 is 4.90 Å². The first-order valence-corrected chi connectivity index (χ1v) is 6.85. The zero-order valence-corrected chi connectivity index (χ0v) is 11.3. The Bertz CT molecular complexity index is 395. The van der Waals surface area contributed by atoms with E-state index in [2.05, 4.69) is 9.88 Å². The first-order valence-electron chi connectivity index (χ1n) is 6.31. The van der Waals surface area contributed by atoms with E-state index in [9.17, 15) is 4.39 Å². The number of ether oxygens (including phenoxy) is 1. The number of hydrogen-bond donors (Lipinski definition) is 0. The van der Waals surface area contributed by atoms with Gasteiger partial charge in [0.05, 0.1) is 18.2 Å². The lowest BCUT2D eigenvalue weighted by molar-refractivity contribution is 0.0458. The largest absolute Gasteiger partial charge is 0.378 e. The van der Waals surface area contributed by atoms with Crippen LogP contribution in [0.15, 0.2) is 12.3 Å². The molecule has 3 nitrogen and oxygen atoms in total. The highest BCUT2D eigenvalue weighted by Gasteiger charge is 2.22. The molecule has 1 aromatic heterocycles. The van der Waals surface area contributed by atoms with Gasteiger partial charge >= 0.3 is 0 Å². The fourth-order valence-corrected chi connectivity index (χ4v) is 2.52. The third-order valence-electron chi connectivity index (χ3n) is 3.20. The molecule has 1 aliphatic rings. The van der Waals surface area contributed by atoms with Gasteiger partial charge in [0.1, 0.15) is 11.6 Å². The van der Waals surface area contributed by atoms with Gasteiger partial charge in [0.25, 0.3) is 0 Å². The Labute approximate surface area is 112 Å². The molecule has 0 amide bonds. The van der Waals surface area contributed by atoms with Crippen LogP contribution in [0, 0.1) is 5.82 Å². The summed E-state index contributed by atoms with van der Waals surface area (Å²) in [5, 5.41) is 0. The third-order valence-corrected chi connectivity index (χ3v) is 3.49. The lowest BCUT2D eigenvalue weighted by Gasteiger charge is -2.33. The fourth-order valence-electron chi connectivity index (χ4n) is 2.33. The molecule has 0 unspecified atom stereocenters.